The lowest BCUT2D eigenvalue weighted by atomic mass is 9.83. The molecule has 7 nitrogen and oxygen atoms in total. The molecule has 1 aliphatic heterocycles. The van der Waals surface area contributed by atoms with Gasteiger partial charge in [-0.15, -0.1) is 0 Å². The van der Waals surface area contributed by atoms with Crippen LogP contribution in [0, 0.1) is 5.92 Å². The third kappa shape index (κ3) is 5.52. The highest BCUT2D eigenvalue weighted by Gasteiger charge is 2.38. The predicted octanol–water partition coefficient (Wildman–Crippen LogP) is 2.43. The van der Waals surface area contributed by atoms with E-state index in [9.17, 15) is 14.4 Å². The number of ether oxygens (including phenoxy) is 1. The van der Waals surface area contributed by atoms with Gasteiger partial charge in [-0.25, -0.2) is 0 Å². The highest BCUT2D eigenvalue weighted by molar-refractivity contribution is 6.30. The Morgan fingerprint density at radius 3 is 2.73 bits per heavy atom. The second kappa shape index (κ2) is 10.8. The molecule has 1 heterocycles. The fraction of sp³-hybridized carbons (Fsp3) is 0.591. The van der Waals surface area contributed by atoms with E-state index in [2.05, 4.69) is 5.32 Å². The Morgan fingerprint density at radius 1 is 1.23 bits per heavy atom. The lowest BCUT2D eigenvalue weighted by Crippen LogP contribution is -2.53. The Bertz CT molecular complexity index is 767. The van der Waals surface area contributed by atoms with Crippen molar-refractivity contribution in [3.05, 3.63) is 28.8 Å². The van der Waals surface area contributed by atoms with Gasteiger partial charge in [0.2, 0.25) is 11.8 Å². The summed E-state index contributed by atoms with van der Waals surface area (Å²) in [5, 5.41) is 3.40. The predicted molar refractivity (Wildman–Crippen MR) is 114 cm³/mol. The average Bonchev–Trinajstić information content (AvgIpc) is 3.26. The minimum atomic E-state index is -0.532. The maximum atomic E-state index is 13.0. The van der Waals surface area contributed by atoms with Gasteiger partial charge in [0, 0.05) is 23.7 Å². The van der Waals surface area contributed by atoms with Crippen LogP contribution >= 0.6 is 11.6 Å². The molecule has 0 radical (unpaired) electrons. The van der Waals surface area contributed by atoms with E-state index in [1.54, 1.807) is 23.1 Å². The molecule has 1 saturated carbocycles. The number of benzene rings is 1. The second-order valence-corrected chi connectivity index (χ2v) is 8.50. The van der Waals surface area contributed by atoms with Gasteiger partial charge in [-0.05, 0) is 49.8 Å². The Balaban J connectivity index is 1.61. The topological polar surface area (TPSA) is 102 Å². The van der Waals surface area contributed by atoms with Crippen LogP contribution in [0.2, 0.25) is 5.02 Å². The number of amides is 2. The van der Waals surface area contributed by atoms with Gasteiger partial charge in [-0.3, -0.25) is 14.4 Å². The van der Waals surface area contributed by atoms with Crippen LogP contribution in [0.25, 0.3) is 0 Å². The first-order chi connectivity index (χ1) is 14.5. The van der Waals surface area contributed by atoms with Gasteiger partial charge in [0.25, 0.3) is 0 Å². The molecule has 1 aromatic carbocycles. The summed E-state index contributed by atoms with van der Waals surface area (Å²) in [6.45, 7) is 0.676. The largest absolute Gasteiger partial charge is 0.486 e. The molecule has 0 bridgehead atoms. The number of hydrogen-bond donors (Lipinski definition) is 2. The fourth-order valence-electron chi connectivity index (χ4n) is 4.44. The van der Waals surface area contributed by atoms with Gasteiger partial charge in [0.05, 0.1) is 6.04 Å². The van der Waals surface area contributed by atoms with Gasteiger partial charge >= 0.3 is 0 Å². The lowest BCUT2D eigenvalue weighted by Gasteiger charge is -2.32. The standard InChI is InChI=1S/C22H30ClN3O4/c23-17-8-9-19(30-12-11-27)16(13-17)14-25-21(28)18-7-4-10-26(18)22(29)20(24)15-5-2-1-3-6-15/h8-9,11,13,15,18,20H,1-7,10,12,14,24H2,(H,25,28). The van der Waals surface area contributed by atoms with E-state index in [4.69, 9.17) is 22.1 Å². The number of rotatable bonds is 8. The molecule has 164 valence electrons. The van der Waals surface area contributed by atoms with Crippen LogP contribution in [0.1, 0.15) is 50.5 Å². The van der Waals surface area contributed by atoms with Crippen LogP contribution < -0.4 is 15.8 Å². The molecule has 3 N–H and O–H groups in total. The average molecular weight is 436 g/mol. The van der Waals surface area contributed by atoms with Crippen LogP contribution in [-0.2, 0) is 20.9 Å². The quantitative estimate of drug-likeness (QED) is 0.610. The Kier molecular flexibility index (Phi) is 8.10. The van der Waals surface area contributed by atoms with E-state index in [0.29, 0.717) is 35.6 Å². The molecule has 1 aliphatic carbocycles. The maximum absolute atomic E-state index is 13.0. The number of hydrogen-bond acceptors (Lipinski definition) is 5. The molecule has 2 aliphatic rings. The van der Waals surface area contributed by atoms with Crippen molar-refractivity contribution in [1.82, 2.24) is 10.2 Å². The molecular formula is C22H30ClN3O4. The maximum Gasteiger partial charge on any atom is 0.243 e. The third-order valence-corrected chi connectivity index (χ3v) is 6.30. The molecule has 1 saturated heterocycles. The normalized spacial score (nSPS) is 20.6. The van der Waals surface area contributed by atoms with Crippen LogP contribution in [0.4, 0.5) is 0 Å². The molecular weight excluding hydrogens is 406 g/mol. The summed E-state index contributed by atoms with van der Waals surface area (Å²) in [6, 6.07) is 3.98. The Morgan fingerprint density at radius 2 is 2.00 bits per heavy atom. The Labute approximate surface area is 182 Å². The summed E-state index contributed by atoms with van der Waals surface area (Å²) < 4.78 is 5.40. The van der Waals surface area contributed by atoms with Crippen molar-refractivity contribution in [1.29, 1.82) is 0 Å². The van der Waals surface area contributed by atoms with Crippen LogP contribution in [0.15, 0.2) is 18.2 Å². The monoisotopic (exact) mass is 435 g/mol. The van der Waals surface area contributed by atoms with E-state index < -0.39 is 12.1 Å². The summed E-state index contributed by atoms with van der Waals surface area (Å²) in [5.74, 6) is 0.375. The van der Waals surface area contributed by atoms with Gasteiger partial charge in [0.15, 0.2) is 6.29 Å². The van der Waals surface area contributed by atoms with E-state index in [-0.39, 0.29) is 30.9 Å². The number of nitrogens with one attached hydrogen (secondary N) is 1. The number of nitrogens with zero attached hydrogens (tertiary/aromatic N) is 1. The van der Waals surface area contributed by atoms with Gasteiger partial charge < -0.3 is 20.7 Å². The van der Waals surface area contributed by atoms with Gasteiger partial charge in [0.1, 0.15) is 18.4 Å². The van der Waals surface area contributed by atoms with Crippen LogP contribution in [-0.4, -0.2) is 48.2 Å². The molecule has 2 atom stereocenters. The smallest absolute Gasteiger partial charge is 0.243 e. The summed E-state index contributed by atoms with van der Waals surface area (Å²) in [5.41, 5.74) is 6.97. The van der Waals surface area contributed by atoms with Gasteiger partial charge in [-0.1, -0.05) is 30.9 Å². The SMILES string of the molecule is NC(C(=O)N1CCCC1C(=O)NCc1cc(Cl)ccc1OCC=O)C1CCCCC1. The summed E-state index contributed by atoms with van der Waals surface area (Å²) in [7, 11) is 0. The first kappa shape index (κ1) is 22.6. The highest BCUT2D eigenvalue weighted by Crippen LogP contribution is 2.28. The molecule has 0 aromatic heterocycles. The van der Waals surface area contributed by atoms with E-state index in [0.717, 1.165) is 32.1 Å². The summed E-state index contributed by atoms with van der Waals surface area (Å²) in [4.78, 5) is 38.1. The fourth-order valence-corrected chi connectivity index (χ4v) is 4.64. The molecule has 0 spiro atoms. The van der Waals surface area contributed by atoms with Crippen LogP contribution in [0.3, 0.4) is 0 Å². The van der Waals surface area contributed by atoms with Crippen molar-refractivity contribution in [3.8, 4) is 5.75 Å². The van der Waals surface area contributed by atoms with Crippen molar-refractivity contribution in [2.75, 3.05) is 13.2 Å². The molecule has 1 aromatic rings. The molecule has 3 rings (SSSR count). The number of nitrogens with two attached hydrogens (primary N) is 1. The first-order valence-corrected chi connectivity index (χ1v) is 11.1. The van der Waals surface area contributed by atoms with Crippen molar-refractivity contribution in [3.63, 3.8) is 0 Å². The third-order valence-electron chi connectivity index (χ3n) is 6.06. The van der Waals surface area contributed by atoms with Crippen molar-refractivity contribution >= 4 is 29.7 Å². The number of aldehydes is 1. The number of halogens is 1. The summed E-state index contributed by atoms with van der Waals surface area (Å²) >= 11 is 6.06. The summed E-state index contributed by atoms with van der Waals surface area (Å²) in [6.07, 6.45) is 7.47. The van der Waals surface area contributed by atoms with E-state index in [1.807, 2.05) is 0 Å². The zero-order valence-electron chi connectivity index (χ0n) is 17.1. The van der Waals surface area contributed by atoms with Gasteiger partial charge in [-0.2, -0.15) is 0 Å². The molecule has 2 fully saturated rings. The molecule has 2 unspecified atom stereocenters. The van der Waals surface area contributed by atoms with E-state index in [1.165, 1.54) is 6.42 Å². The first-order valence-electron chi connectivity index (χ1n) is 10.7. The van der Waals surface area contributed by atoms with Crippen molar-refractivity contribution in [2.45, 2.75) is 63.6 Å². The van der Waals surface area contributed by atoms with Crippen LogP contribution in [0.5, 0.6) is 5.75 Å². The van der Waals surface area contributed by atoms with Crippen molar-refractivity contribution < 1.29 is 19.1 Å². The van der Waals surface area contributed by atoms with Crippen molar-refractivity contribution in [2.24, 2.45) is 11.7 Å². The second-order valence-electron chi connectivity index (χ2n) is 8.06. The highest BCUT2D eigenvalue weighted by atomic mass is 35.5. The Hall–Kier alpha value is -2.12. The van der Waals surface area contributed by atoms with E-state index >= 15 is 0 Å². The number of likely N-dealkylation sites (tertiary alicyclic amines) is 1. The number of carbonyl (C=O) groups is 3. The minimum Gasteiger partial charge on any atom is -0.486 e. The minimum absolute atomic E-state index is 0.0768. The zero-order valence-corrected chi connectivity index (χ0v) is 17.9. The molecule has 8 heteroatoms. The lowest BCUT2D eigenvalue weighted by molar-refractivity contribution is -0.140. The molecule has 30 heavy (non-hydrogen) atoms. The zero-order chi connectivity index (χ0) is 21.5. The number of carbonyl (C=O) groups excluding carboxylic acids is 3. The molecule has 2 amide bonds.